The fourth-order valence-corrected chi connectivity index (χ4v) is 2.24. The second kappa shape index (κ2) is 6.74. The van der Waals surface area contributed by atoms with E-state index in [1.165, 1.54) is 18.2 Å². The van der Waals surface area contributed by atoms with E-state index in [4.69, 9.17) is 0 Å². The first-order chi connectivity index (χ1) is 11.6. The van der Waals surface area contributed by atoms with Crippen molar-refractivity contribution in [2.24, 2.45) is 0 Å². The summed E-state index contributed by atoms with van der Waals surface area (Å²) in [7, 11) is 0. The molecule has 0 aliphatic rings. The van der Waals surface area contributed by atoms with Gasteiger partial charge in [-0.2, -0.15) is 0 Å². The largest absolute Gasteiger partial charge is 0.348 e. The molecular formula is C17H14N4O3. The standard InChI is InChI=1S/C17H14N4O3/c22-17(14-2-1-3-16(10-14)21(23)24)19-11-13-4-6-15(7-5-13)20-9-8-18-12-20/h1-10,12H,11H2,(H,19,22). The Morgan fingerprint density at radius 1 is 1.21 bits per heavy atom. The zero-order valence-corrected chi connectivity index (χ0v) is 12.6. The van der Waals surface area contributed by atoms with Gasteiger partial charge in [-0.1, -0.05) is 18.2 Å². The third-order valence-electron chi connectivity index (χ3n) is 3.51. The predicted octanol–water partition coefficient (Wildman–Crippen LogP) is 2.71. The summed E-state index contributed by atoms with van der Waals surface area (Å²) >= 11 is 0. The number of aromatic nitrogens is 2. The monoisotopic (exact) mass is 322 g/mol. The Bertz CT molecular complexity index is 858. The van der Waals surface area contributed by atoms with Crippen LogP contribution in [0.15, 0.2) is 67.3 Å². The Hall–Kier alpha value is -3.48. The van der Waals surface area contributed by atoms with Gasteiger partial charge in [-0.3, -0.25) is 14.9 Å². The number of carbonyl (C=O) groups excluding carboxylic acids is 1. The lowest BCUT2D eigenvalue weighted by Crippen LogP contribution is -2.22. The molecule has 7 nitrogen and oxygen atoms in total. The summed E-state index contributed by atoms with van der Waals surface area (Å²) in [5.74, 6) is -0.350. The van der Waals surface area contributed by atoms with Crippen LogP contribution in [0, 0.1) is 10.1 Å². The van der Waals surface area contributed by atoms with Crippen molar-refractivity contribution in [1.29, 1.82) is 0 Å². The molecule has 3 rings (SSSR count). The van der Waals surface area contributed by atoms with Crippen LogP contribution in [0.4, 0.5) is 5.69 Å². The maximum Gasteiger partial charge on any atom is 0.270 e. The minimum atomic E-state index is -0.522. The van der Waals surface area contributed by atoms with Crippen molar-refractivity contribution in [1.82, 2.24) is 14.9 Å². The maximum absolute atomic E-state index is 12.1. The van der Waals surface area contributed by atoms with E-state index in [1.54, 1.807) is 18.6 Å². The summed E-state index contributed by atoms with van der Waals surface area (Å²) in [5, 5.41) is 13.5. The summed E-state index contributed by atoms with van der Waals surface area (Å²) in [6.45, 7) is 0.339. The van der Waals surface area contributed by atoms with Crippen molar-refractivity contribution in [3.05, 3.63) is 88.5 Å². The fourth-order valence-electron chi connectivity index (χ4n) is 2.24. The van der Waals surface area contributed by atoms with Crippen molar-refractivity contribution in [3.63, 3.8) is 0 Å². The molecule has 1 amide bonds. The van der Waals surface area contributed by atoms with Gasteiger partial charge < -0.3 is 9.88 Å². The minimum absolute atomic E-state index is 0.104. The van der Waals surface area contributed by atoms with Crippen LogP contribution in [-0.4, -0.2) is 20.4 Å². The number of non-ortho nitro benzene ring substituents is 1. The van der Waals surface area contributed by atoms with Gasteiger partial charge in [0, 0.05) is 42.3 Å². The summed E-state index contributed by atoms with van der Waals surface area (Å²) in [5.41, 5.74) is 2.06. The van der Waals surface area contributed by atoms with E-state index < -0.39 is 4.92 Å². The lowest BCUT2D eigenvalue weighted by atomic mass is 10.1. The highest BCUT2D eigenvalue weighted by Gasteiger charge is 2.11. The van der Waals surface area contributed by atoms with E-state index >= 15 is 0 Å². The molecule has 1 heterocycles. The van der Waals surface area contributed by atoms with Crippen molar-refractivity contribution < 1.29 is 9.72 Å². The topological polar surface area (TPSA) is 90.1 Å². The van der Waals surface area contributed by atoms with Crippen LogP contribution in [0.25, 0.3) is 5.69 Å². The highest BCUT2D eigenvalue weighted by atomic mass is 16.6. The van der Waals surface area contributed by atoms with Crippen molar-refractivity contribution in [2.45, 2.75) is 6.54 Å². The van der Waals surface area contributed by atoms with E-state index in [2.05, 4.69) is 10.3 Å². The van der Waals surface area contributed by atoms with Crippen molar-refractivity contribution in [3.8, 4) is 5.69 Å². The molecule has 0 bridgehead atoms. The number of nitrogens with one attached hydrogen (secondary N) is 1. The number of rotatable bonds is 5. The first-order valence-electron chi connectivity index (χ1n) is 7.23. The number of amides is 1. The highest BCUT2D eigenvalue weighted by molar-refractivity contribution is 5.94. The molecule has 0 saturated carbocycles. The second-order valence-corrected chi connectivity index (χ2v) is 5.13. The molecule has 0 atom stereocenters. The van der Waals surface area contributed by atoms with E-state index in [1.807, 2.05) is 35.0 Å². The lowest BCUT2D eigenvalue weighted by Gasteiger charge is -2.07. The number of carbonyl (C=O) groups is 1. The molecule has 2 aromatic carbocycles. The lowest BCUT2D eigenvalue weighted by molar-refractivity contribution is -0.384. The van der Waals surface area contributed by atoms with Crippen molar-refractivity contribution in [2.75, 3.05) is 0 Å². The van der Waals surface area contributed by atoms with Crippen LogP contribution >= 0.6 is 0 Å². The van der Waals surface area contributed by atoms with Gasteiger partial charge in [0.1, 0.15) is 0 Å². The molecule has 24 heavy (non-hydrogen) atoms. The summed E-state index contributed by atoms with van der Waals surface area (Å²) < 4.78 is 1.88. The molecule has 0 fully saturated rings. The maximum atomic E-state index is 12.1. The molecule has 0 radical (unpaired) electrons. The van der Waals surface area contributed by atoms with Crippen LogP contribution in [0.3, 0.4) is 0 Å². The van der Waals surface area contributed by atoms with Gasteiger partial charge in [0.15, 0.2) is 0 Å². The second-order valence-electron chi connectivity index (χ2n) is 5.13. The molecule has 1 aromatic heterocycles. The SMILES string of the molecule is O=C(NCc1ccc(-n2ccnc2)cc1)c1cccc([N+](=O)[O-])c1. The summed E-state index contributed by atoms with van der Waals surface area (Å²) in [6, 6.07) is 13.3. The first kappa shape index (κ1) is 15.4. The van der Waals surface area contributed by atoms with Gasteiger partial charge in [0.05, 0.1) is 11.3 Å². The zero-order chi connectivity index (χ0) is 16.9. The summed E-state index contributed by atoms with van der Waals surface area (Å²) in [6.07, 6.45) is 5.26. The van der Waals surface area contributed by atoms with Crippen LogP contribution in [0.2, 0.25) is 0 Å². The molecule has 0 unspecified atom stereocenters. The van der Waals surface area contributed by atoms with Gasteiger partial charge in [0.2, 0.25) is 0 Å². The normalized spacial score (nSPS) is 10.3. The fraction of sp³-hybridized carbons (Fsp3) is 0.0588. The van der Waals surface area contributed by atoms with Gasteiger partial charge in [-0.15, -0.1) is 0 Å². The van der Waals surface area contributed by atoms with Gasteiger partial charge in [-0.25, -0.2) is 4.98 Å². The molecule has 0 aliphatic heterocycles. The number of hydrogen-bond acceptors (Lipinski definition) is 4. The molecule has 0 spiro atoms. The van der Waals surface area contributed by atoms with Crippen LogP contribution in [0.1, 0.15) is 15.9 Å². The quantitative estimate of drug-likeness (QED) is 0.577. The smallest absolute Gasteiger partial charge is 0.270 e. The number of imidazole rings is 1. The average molecular weight is 322 g/mol. The van der Waals surface area contributed by atoms with Crippen LogP contribution in [0.5, 0.6) is 0 Å². The van der Waals surface area contributed by atoms with Crippen molar-refractivity contribution >= 4 is 11.6 Å². The Labute approximate surface area is 137 Å². The van der Waals surface area contributed by atoms with E-state index in [0.717, 1.165) is 11.3 Å². The highest BCUT2D eigenvalue weighted by Crippen LogP contribution is 2.13. The Morgan fingerprint density at radius 2 is 2.00 bits per heavy atom. The van der Waals surface area contributed by atoms with Gasteiger partial charge >= 0.3 is 0 Å². The number of benzene rings is 2. The van der Waals surface area contributed by atoms with Gasteiger partial charge in [-0.05, 0) is 23.8 Å². The Balaban J connectivity index is 1.64. The molecule has 7 heteroatoms. The van der Waals surface area contributed by atoms with E-state index in [0.29, 0.717) is 6.54 Å². The zero-order valence-electron chi connectivity index (χ0n) is 12.6. The third kappa shape index (κ3) is 3.46. The number of hydrogen-bond donors (Lipinski definition) is 1. The third-order valence-corrected chi connectivity index (χ3v) is 3.51. The van der Waals surface area contributed by atoms with Gasteiger partial charge in [0.25, 0.3) is 11.6 Å². The van der Waals surface area contributed by atoms with Crippen LogP contribution < -0.4 is 5.32 Å². The van der Waals surface area contributed by atoms with E-state index in [-0.39, 0.29) is 17.2 Å². The minimum Gasteiger partial charge on any atom is -0.348 e. The number of nitro groups is 1. The molecule has 120 valence electrons. The first-order valence-corrected chi connectivity index (χ1v) is 7.23. The predicted molar refractivity (Wildman–Crippen MR) is 87.8 cm³/mol. The molecular weight excluding hydrogens is 308 g/mol. The number of nitrogens with zero attached hydrogens (tertiary/aromatic N) is 3. The molecule has 1 N–H and O–H groups in total. The Morgan fingerprint density at radius 3 is 2.67 bits per heavy atom. The van der Waals surface area contributed by atoms with Crippen LogP contribution in [-0.2, 0) is 6.54 Å². The molecule has 0 aliphatic carbocycles. The molecule has 3 aromatic rings. The van der Waals surface area contributed by atoms with E-state index in [9.17, 15) is 14.9 Å². The Kier molecular flexibility index (Phi) is 4.33. The average Bonchev–Trinajstić information content (AvgIpc) is 3.15. The summed E-state index contributed by atoms with van der Waals surface area (Å²) in [4.78, 5) is 26.3. The molecule has 0 saturated heterocycles. The number of nitro benzene ring substituents is 1.